The lowest BCUT2D eigenvalue weighted by Crippen LogP contribution is -2.31. The van der Waals surface area contributed by atoms with Crippen LogP contribution < -0.4 is 5.32 Å². The van der Waals surface area contributed by atoms with Gasteiger partial charge in [-0.2, -0.15) is 0 Å². The maximum absolute atomic E-state index is 11.6. The number of carbonyl (C=O) groups excluding carboxylic acids is 1. The molecule has 1 aromatic carbocycles. The molecule has 2 N–H and O–H groups in total. The Balaban J connectivity index is 2.67. The number of carboxylic acid groups (broad SMARTS) is 1. The van der Waals surface area contributed by atoms with Gasteiger partial charge in [-0.3, -0.25) is 10.1 Å². The number of benzene rings is 1. The second-order valence-corrected chi connectivity index (χ2v) is 6.84. The van der Waals surface area contributed by atoms with E-state index in [0.29, 0.717) is 5.69 Å². The van der Waals surface area contributed by atoms with Crippen LogP contribution in [0, 0.1) is 0 Å². The SMILES string of the molecule is CC(C)(C)OC(=O)Nc1ccc(C[C@@](C)(Cl)C(=O)O)cc1. The van der Waals surface area contributed by atoms with Gasteiger partial charge in [0.05, 0.1) is 0 Å². The molecule has 21 heavy (non-hydrogen) atoms. The Morgan fingerprint density at radius 3 is 2.14 bits per heavy atom. The zero-order chi connectivity index (χ0) is 16.3. The molecule has 0 aromatic heterocycles. The van der Waals surface area contributed by atoms with E-state index in [0.717, 1.165) is 5.56 Å². The summed E-state index contributed by atoms with van der Waals surface area (Å²) in [5.41, 5.74) is 0.774. The molecule has 0 saturated heterocycles. The zero-order valence-corrected chi connectivity index (χ0v) is 13.3. The Hall–Kier alpha value is -1.75. The number of amides is 1. The first-order chi connectivity index (χ1) is 9.49. The summed E-state index contributed by atoms with van der Waals surface area (Å²) in [6.07, 6.45) is -0.348. The predicted molar refractivity (Wildman–Crippen MR) is 81.9 cm³/mol. The summed E-state index contributed by atoms with van der Waals surface area (Å²) < 4.78 is 5.14. The molecule has 0 aliphatic rings. The average molecular weight is 314 g/mol. The second kappa shape index (κ2) is 6.35. The first kappa shape index (κ1) is 17.3. The average Bonchev–Trinajstić information content (AvgIpc) is 2.28. The fraction of sp³-hybridized carbons (Fsp3) is 0.467. The molecule has 0 aliphatic carbocycles. The molecule has 1 rings (SSSR count). The maximum Gasteiger partial charge on any atom is 0.412 e. The van der Waals surface area contributed by atoms with Crippen molar-refractivity contribution in [2.75, 3.05) is 5.32 Å². The third kappa shape index (κ3) is 6.04. The second-order valence-electron chi connectivity index (χ2n) is 6.00. The highest BCUT2D eigenvalue weighted by molar-refractivity contribution is 6.33. The smallest absolute Gasteiger partial charge is 0.412 e. The predicted octanol–water partition coefficient (Wildman–Crippen LogP) is 3.66. The minimum atomic E-state index is -1.35. The summed E-state index contributed by atoms with van der Waals surface area (Å²) >= 11 is 5.91. The van der Waals surface area contributed by atoms with Gasteiger partial charge in [-0.15, -0.1) is 11.6 Å². The van der Waals surface area contributed by atoms with E-state index in [1.54, 1.807) is 45.0 Å². The van der Waals surface area contributed by atoms with E-state index in [1.165, 1.54) is 6.92 Å². The Kier molecular flexibility index (Phi) is 5.23. The number of carbonyl (C=O) groups is 2. The molecular weight excluding hydrogens is 294 g/mol. The first-order valence-corrected chi connectivity index (χ1v) is 6.89. The van der Waals surface area contributed by atoms with E-state index in [2.05, 4.69) is 5.32 Å². The molecule has 1 atom stereocenters. The fourth-order valence-electron chi connectivity index (χ4n) is 1.59. The van der Waals surface area contributed by atoms with Crippen LogP contribution in [0.4, 0.5) is 10.5 Å². The summed E-state index contributed by atoms with van der Waals surface area (Å²) in [6, 6.07) is 6.79. The number of carboxylic acids is 1. The van der Waals surface area contributed by atoms with E-state index in [1.807, 2.05) is 0 Å². The van der Waals surface area contributed by atoms with E-state index < -0.39 is 22.5 Å². The number of halogens is 1. The number of rotatable bonds is 4. The van der Waals surface area contributed by atoms with Crippen molar-refractivity contribution in [2.45, 2.75) is 44.6 Å². The Morgan fingerprint density at radius 2 is 1.71 bits per heavy atom. The first-order valence-electron chi connectivity index (χ1n) is 6.51. The van der Waals surface area contributed by atoms with E-state index in [4.69, 9.17) is 21.4 Å². The third-order valence-electron chi connectivity index (χ3n) is 2.58. The van der Waals surface area contributed by atoms with Gasteiger partial charge in [-0.05, 0) is 45.4 Å². The van der Waals surface area contributed by atoms with Crippen molar-refractivity contribution in [2.24, 2.45) is 0 Å². The number of hydrogen-bond donors (Lipinski definition) is 2. The number of ether oxygens (including phenoxy) is 1. The van der Waals surface area contributed by atoms with Gasteiger partial charge in [-0.1, -0.05) is 12.1 Å². The standard InChI is InChI=1S/C15H20ClNO4/c1-14(2,3)21-13(20)17-11-7-5-10(6-8-11)9-15(4,16)12(18)19/h5-8H,9H2,1-4H3,(H,17,20)(H,18,19)/t15-/m1/s1. The van der Waals surface area contributed by atoms with Crippen molar-refractivity contribution in [1.29, 1.82) is 0 Å². The minimum Gasteiger partial charge on any atom is -0.480 e. The van der Waals surface area contributed by atoms with Crippen LogP contribution in [0.25, 0.3) is 0 Å². The van der Waals surface area contributed by atoms with Crippen LogP contribution >= 0.6 is 11.6 Å². The van der Waals surface area contributed by atoms with Gasteiger partial charge >= 0.3 is 12.1 Å². The highest BCUT2D eigenvalue weighted by atomic mass is 35.5. The summed E-state index contributed by atoms with van der Waals surface area (Å²) in [7, 11) is 0. The lowest BCUT2D eigenvalue weighted by atomic mass is 10.0. The molecule has 0 aliphatic heterocycles. The molecule has 0 unspecified atom stereocenters. The van der Waals surface area contributed by atoms with Crippen molar-refractivity contribution in [1.82, 2.24) is 0 Å². The highest BCUT2D eigenvalue weighted by Gasteiger charge is 2.30. The van der Waals surface area contributed by atoms with E-state index in [9.17, 15) is 9.59 Å². The Morgan fingerprint density at radius 1 is 1.19 bits per heavy atom. The molecule has 0 spiro atoms. The molecular formula is C15H20ClNO4. The topological polar surface area (TPSA) is 75.6 Å². The number of hydrogen-bond acceptors (Lipinski definition) is 3. The van der Waals surface area contributed by atoms with Crippen molar-refractivity contribution < 1.29 is 19.4 Å². The number of alkyl halides is 1. The minimum absolute atomic E-state index is 0.191. The molecule has 5 nitrogen and oxygen atoms in total. The molecule has 6 heteroatoms. The molecule has 0 radical (unpaired) electrons. The van der Waals surface area contributed by atoms with Gasteiger partial charge < -0.3 is 9.84 Å². The van der Waals surface area contributed by atoms with Gasteiger partial charge in [0.15, 0.2) is 0 Å². The summed E-state index contributed by atoms with van der Waals surface area (Å²) in [5.74, 6) is -1.07. The van der Waals surface area contributed by atoms with Crippen LogP contribution in [0.1, 0.15) is 33.3 Å². The van der Waals surface area contributed by atoms with Crippen LogP contribution in [0.2, 0.25) is 0 Å². The van der Waals surface area contributed by atoms with Crippen LogP contribution in [0.15, 0.2) is 24.3 Å². The van der Waals surface area contributed by atoms with Crippen molar-refractivity contribution in [3.05, 3.63) is 29.8 Å². The monoisotopic (exact) mass is 313 g/mol. The maximum atomic E-state index is 11.6. The van der Waals surface area contributed by atoms with Crippen molar-refractivity contribution in [3.63, 3.8) is 0 Å². The Bertz CT molecular complexity index is 517. The lowest BCUT2D eigenvalue weighted by Gasteiger charge is -2.20. The number of nitrogens with one attached hydrogen (secondary N) is 1. The lowest BCUT2D eigenvalue weighted by molar-refractivity contribution is -0.139. The molecule has 0 heterocycles. The molecule has 0 bridgehead atoms. The van der Waals surface area contributed by atoms with Gasteiger partial charge in [0, 0.05) is 12.1 Å². The van der Waals surface area contributed by atoms with Crippen LogP contribution in [0.3, 0.4) is 0 Å². The summed E-state index contributed by atoms with van der Waals surface area (Å²) in [4.78, 5) is 21.2. The van der Waals surface area contributed by atoms with Gasteiger partial charge in [-0.25, -0.2) is 4.79 Å². The van der Waals surface area contributed by atoms with Crippen LogP contribution in [0.5, 0.6) is 0 Å². The van der Waals surface area contributed by atoms with E-state index in [-0.39, 0.29) is 6.42 Å². The zero-order valence-electron chi connectivity index (χ0n) is 12.6. The van der Waals surface area contributed by atoms with Gasteiger partial charge in [0.2, 0.25) is 0 Å². The summed E-state index contributed by atoms with van der Waals surface area (Å²) in [5, 5.41) is 11.6. The Labute approximate surface area is 129 Å². The van der Waals surface area contributed by atoms with E-state index >= 15 is 0 Å². The number of aliphatic carboxylic acids is 1. The largest absolute Gasteiger partial charge is 0.480 e. The van der Waals surface area contributed by atoms with Gasteiger partial charge in [0.1, 0.15) is 10.5 Å². The fourth-order valence-corrected chi connectivity index (χ4v) is 1.74. The van der Waals surface area contributed by atoms with Crippen molar-refractivity contribution in [3.8, 4) is 0 Å². The third-order valence-corrected chi connectivity index (χ3v) is 2.88. The quantitative estimate of drug-likeness (QED) is 0.832. The molecule has 1 aromatic rings. The number of anilines is 1. The van der Waals surface area contributed by atoms with Crippen LogP contribution in [-0.2, 0) is 16.0 Å². The molecule has 0 fully saturated rings. The van der Waals surface area contributed by atoms with Crippen LogP contribution in [-0.4, -0.2) is 27.6 Å². The molecule has 116 valence electrons. The molecule has 0 saturated carbocycles. The highest BCUT2D eigenvalue weighted by Crippen LogP contribution is 2.22. The summed E-state index contributed by atoms with van der Waals surface area (Å²) in [6.45, 7) is 6.79. The van der Waals surface area contributed by atoms with Gasteiger partial charge in [0.25, 0.3) is 0 Å². The van der Waals surface area contributed by atoms with Crippen molar-refractivity contribution >= 4 is 29.4 Å². The molecule has 1 amide bonds. The normalized spacial score (nSPS) is 14.1.